The summed E-state index contributed by atoms with van der Waals surface area (Å²) in [5.41, 5.74) is -2.48. The minimum atomic E-state index is -1.50. The molecule has 4 fully saturated rings. The Hall–Kier alpha value is -0.970. The van der Waals surface area contributed by atoms with Crippen LogP contribution >= 0.6 is 0 Å². The first kappa shape index (κ1) is 44.7. The molecule has 53 heavy (non-hydrogen) atoms. The molecule has 0 bridgehead atoms. The van der Waals surface area contributed by atoms with Crippen molar-refractivity contribution in [2.45, 2.75) is 192 Å². The topological polar surface area (TPSA) is 169 Å². The Balaban J connectivity index is 1.79. The summed E-state index contributed by atoms with van der Waals surface area (Å²) in [6, 6.07) is -0.538. The van der Waals surface area contributed by atoms with E-state index in [1.54, 1.807) is 34.8 Å². The molecule has 0 radical (unpaired) electrons. The highest BCUT2D eigenvalue weighted by Gasteiger charge is 2.52. The first-order chi connectivity index (χ1) is 24.7. The van der Waals surface area contributed by atoms with E-state index < -0.39 is 84.3 Å². The molecule has 1 saturated carbocycles. The number of esters is 1. The molecule has 3 aliphatic heterocycles. The summed E-state index contributed by atoms with van der Waals surface area (Å²) in [6.45, 7) is 17.3. The van der Waals surface area contributed by atoms with E-state index in [1.807, 2.05) is 53.6 Å². The number of carbonyl (C=O) groups is 1. The zero-order valence-corrected chi connectivity index (χ0v) is 34.6. The number of nitrogens with one attached hydrogen (secondary N) is 1. The average molecular weight is 759 g/mol. The van der Waals surface area contributed by atoms with Gasteiger partial charge < -0.3 is 59.1 Å². The largest absolute Gasteiger partial charge is 0.461 e. The van der Waals surface area contributed by atoms with E-state index in [0.29, 0.717) is 19.4 Å². The molecule has 0 aromatic heterocycles. The molecule has 13 heteroatoms. The van der Waals surface area contributed by atoms with Gasteiger partial charge in [0.1, 0.15) is 18.3 Å². The molecule has 5 N–H and O–H groups in total. The van der Waals surface area contributed by atoms with E-state index >= 15 is 0 Å². The van der Waals surface area contributed by atoms with Crippen molar-refractivity contribution >= 4 is 5.97 Å². The molecule has 4 rings (SSSR count). The van der Waals surface area contributed by atoms with Crippen LogP contribution in [0.15, 0.2) is 0 Å². The average Bonchev–Trinajstić information content (AvgIpc) is 3.63. The van der Waals surface area contributed by atoms with Crippen LogP contribution in [0.2, 0.25) is 0 Å². The molecule has 4 aliphatic rings. The fraction of sp³-hybridized carbons (Fsp3) is 0.975. The lowest BCUT2D eigenvalue weighted by Gasteiger charge is -2.48. The third kappa shape index (κ3) is 10.5. The van der Waals surface area contributed by atoms with E-state index in [-0.39, 0.29) is 42.4 Å². The van der Waals surface area contributed by atoms with Crippen LogP contribution in [0.25, 0.3) is 0 Å². The first-order valence-electron chi connectivity index (χ1n) is 20.2. The van der Waals surface area contributed by atoms with Gasteiger partial charge in [0.05, 0.1) is 47.6 Å². The molecule has 1 aliphatic carbocycles. The third-order valence-corrected chi connectivity index (χ3v) is 13.1. The monoisotopic (exact) mass is 759 g/mol. The Labute approximate surface area is 318 Å². The van der Waals surface area contributed by atoms with Crippen molar-refractivity contribution < 1.29 is 53.6 Å². The number of likely N-dealkylation sites (N-methyl/N-ethyl adjacent to an activating group) is 1. The molecule has 0 amide bonds. The number of hydrogen-bond donors (Lipinski definition) is 5. The number of aliphatic hydroxyl groups excluding tert-OH is 3. The second kappa shape index (κ2) is 18.5. The highest BCUT2D eigenvalue weighted by atomic mass is 16.7. The molecular weight excluding hydrogens is 684 g/mol. The molecule has 3 saturated heterocycles. The molecule has 0 aromatic rings. The number of cyclic esters (lactones) is 1. The van der Waals surface area contributed by atoms with Crippen molar-refractivity contribution in [3.63, 3.8) is 0 Å². The standard InChI is InChI=1S/C40H74N2O11/c1-21-18-39(8,47)36(53-38-32(44)29(42(10)11)17-22(2)49-38)24(4)33(51-30-19-40(9,48-12)35(45)27(7)50-30)25(5)37(46)52-34(28-15-13-14-16-28)23(3)31(43)26(6)41-20-21/h21-36,38,41,43-45,47H,13-20H2,1-12H3. The summed E-state index contributed by atoms with van der Waals surface area (Å²) in [5, 5.41) is 50.1. The zero-order valence-electron chi connectivity index (χ0n) is 34.6. The normalized spacial score (nSPS) is 49.0. The highest BCUT2D eigenvalue weighted by Crippen LogP contribution is 2.41. The maximum Gasteiger partial charge on any atom is 0.311 e. The van der Waals surface area contributed by atoms with Gasteiger partial charge in [0.15, 0.2) is 12.6 Å². The van der Waals surface area contributed by atoms with Crippen LogP contribution in [-0.2, 0) is 33.2 Å². The van der Waals surface area contributed by atoms with Gasteiger partial charge >= 0.3 is 5.97 Å². The van der Waals surface area contributed by atoms with Crippen LogP contribution < -0.4 is 5.32 Å². The minimum absolute atomic E-state index is 0.0595. The van der Waals surface area contributed by atoms with E-state index in [1.165, 1.54) is 0 Å². The van der Waals surface area contributed by atoms with Crippen molar-refractivity contribution in [2.24, 2.45) is 29.6 Å². The molecule has 310 valence electrons. The van der Waals surface area contributed by atoms with Crippen molar-refractivity contribution in [3.05, 3.63) is 0 Å². The van der Waals surface area contributed by atoms with Gasteiger partial charge in [0, 0.05) is 37.5 Å². The Morgan fingerprint density at radius 2 is 1.53 bits per heavy atom. The van der Waals surface area contributed by atoms with Gasteiger partial charge in [-0.2, -0.15) is 0 Å². The van der Waals surface area contributed by atoms with Crippen LogP contribution in [0.3, 0.4) is 0 Å². The van der Waals surface area contributed by atoms with Gasteiger partial charge in [0.2, 0.25) is 0 Å². The van der Waals surface area contributed by atoms with Crippen LogP contribution in [0.5, 0.6) is 0 Å². The second-order valence-electron chi connectivity index (χ2n) is 18.0. The molecule has 18 unspecified atom stereocenters. The van der Waals surface area contributed by atoms with E-state index in [4.69, 9.17) is 28.4 Å². The highest BCUT2D eigenvalue weighted by molar-refractivity contribution is 5.73. The quantitative estimate of drug-likeness (QED) is 0.241. The maximum absolute atomic E-state index is 14.5. The van der Waals surface area contributed by atoms with Crippen LogP contribution in [-0.4, -0.2) is 144 Å². The first-order valence-corrected chi connectivity index (χ1v) is 20.2. The molecule has 0 spiro atoms. The summed E-state index contributed by atoms with van der Waals surface area (Å²) in [4.78, 5) is 16.4. The predicted molar refractivity (Wildman–Crippen MR) is 200 cm³/mol. The van der Waals surface area contributed by atoms with Crippen molar-refractivity contribution in [1.29, 1.82) is 0 Å². The molecule has 13 nitrogen and oxygen atoms in total. The molecular formula is C40H74N2O11. The third-order valence-electron chi connectivity index (χ3n) is 13.1. The summed E-state index contributed by atoms with van der Waals surface area (Å²) in [7, 11) is 5.36. The lowest BCUT2D eigenvalue weighted by atomic mass is 9.77. The molecule has 18 atom stereocenters. The number of aliphatic hydroxyl groups is 4. The van der Waals surface area contributed by atoms with Crippen LogP contribution in [0.4, 0.5) is 0 Å². The number of hydrogen-bond acceptors (Lipinski definition) is 13. The summed E-state index contributed by atoms with van der Waals surface area (Å²) in [5.74, 6) is -2.30. The lowest BCUT2D eigenvalue weighted by Crippen LogP contribution is -2.60. The zero-order chi connectivity index (χ0) is 39.6. The Morgan fingerprint density at radius 3 is 2.13 bits per heavy atom. The van der Waals surface area contributed by atoms with Gasteiger partial charge in [-0.15, -0.1) is 0 Å². The molecule has 0 aromatic carbocycles. The smallest absolute Gasteiger partial charge is 0.311 e. The van der Waals surface area contributed by atoms with E-state index in [0.717, 1.165) is 25.7 Å². The molecule has 3 heterocycles. The fourth-order valence-electron chi connectivity index (χ4n) is 9.62. The van der Waals surface area contributed by atoms with Gasteiger partial charge in [-0.3, -0.25) is 4.79 Å². The fourth-order valence-corrected chi connectivity index (χ4v) is 9.62. The SMILES string of the molecule is COC1(C)CC(OC2C(C)C(=O)OC(C3CCCC3)C(C)C(O)C(C)NCC(C)CC(C)(O)C(OC3OC(C)CC(N(C)C)C3O)C2C)OC(C)C1O. The second-order valence-corrected chi connectivity index (χ2v) is 18.0. The van der Waals surface area contributed by atoms with Gasteiger partial charge in [-0.1, -0.05) is 33.6 Å². The van der Waals surface area contributed by atoms with Crippen molar-refractivity contribution in [2.75, 3.05) is 27.7 Å². The van der Waals surface area contributed by atoms with E-state index in [2.05, 4.69) is 5.32 Å². The Kier molecular flexibility index (Phi) is 15.6. The summed E-state index contributed by atoms with van der Waals surface area (Å²) in [6.07, 6.45) is -2.91. The summed E-state index contributed by atoms with van der Waals surface area (Å²) >= 11 is 0. The minimum Gasteiger partial charge on any atom is -0.461 e. The Bertz CT molecular complexity index is 1160. The van der Waals surface area contributed by atoms with Crippen LogP contribution in [0.1, 0.15) is 107 Å². The Morgan fingerprint density at radius 1 is 0.887 bits per heavy atom. The van der Waals surface area contributed by atoms with Crippen molar-refractivity contribution in [1.82, 2.24) is 10.2 Å². The van der Waals surface area contributed by atoms with Gasteiger partial charge in [0.25, 0.3) is 0 Å². The maximum atomic E-state index is 14.5. The van der Waals surface area contributed by atoms with Gasteiger partial charge in [-0.25, -0.2) is 0 Å². The predicted octanol–water partition coefficient (Wildman–Crippen LogP) is 3.22. The number of rotatable bonds is 7. The van der Waals surface area contributed by atoms with Crippen molar-refractivity contribution in [3.8, 4) is 0 Å². The van der Waals surface area contributed by atoms with Gasteiger partial charge in [-0.05, 0) is 99.7 Å². The number of methoxy groups -OCH3 is 1. The lowest BCUT2D eigenvalue weighted by molar-refractivity contribution is -0.317. The number of carbonyl (C=O) groups excluding carboxylic acids is 1. The number of ether oxygens (including phenoxy) is 6. The number of nitrogens with zero attached hydrogens (tertiary/aromatic N) is 1. The summed E-state index contributed by atoms with van der Waals surface area (Å²) < 4.78 is 38.3. The van der Waals surface area contributed by atoms with Crippen LogP contribution in [0, 0.1) is 29.6 Å². The van der Waals surface area contributed by atoms with E-state index in [9.17, 15) is 25.2 Å².